The number of benzene rings is 2. The lowest BCUT2D eigenvalue weighted by atomic mass is 10.1. The Balaban J connectivity index is 1.89. The zero-order valence-electron chi connectivity index (χ0n) is 17.6. The van der Waals surface area contributed by atoms with Gasteiger partial charge in [-0.2, -0.15) is 0 Å². The summed E-state index contributed by atoms with van der Waals surface area (Å²) >= 11 is 0. The quantitative estimate of drug-likeness (QED) is 0.699. The van der Waals surface area contributed by atoms with Crippen LogP contribution in [0.4, 0.5) is 11.4 Å². The van der Waals surface area contributed by atoms with E-state index in [9.17, 15) is 13.2 Å². The SMILES string of the molecule is COc1ccc(C(=O)Nc2ccccc2N2CCCCC2)cc1S(=O)(=O)NC(C)C. The van der Waals surface area contributed by atoms with E-state index in [1.807, 2.05) is 24.3 Å². The number of carbonyl (C=O) groups is 1. The molecule has 0 atom stereocenters. The Morgan fingerprint density at radius 3 is 2.43 bits per heavy atom. The number of nitrogens with zero attached hydrogens (tertiary/aromatic N) is 1. The van der Waals surface area contributed by atoms with Gasteiger partial charge < -0.3 is 15.0 Å². The molecule has 3 rings (SSSR count). The summed E-state index contributed by atoms with van der Waals surface area (Å²) in [4.78, 5) is 15.2. The summed E-state index contributed by atoms with van der Waals surface area (Å²) in [5.74, 6) is -0.184. The van der Waals surface area contributed by atoms with Crippen LogP contribution in [0, 0.1) is 0 Å². The van der Waals surface area contributed by atoms with Gasteiger partial charge in [-0.25, -0.2) is 13.1 Å². The third kappa shape index (κ3) is 5.12. The molecule has 30 heavy (non-hydrogen) atoms. The molecule has 0 aromatic heterocycles. The molecular weight excluding hydrogens is 402 g/mol. The van der Waals surface area contributed by atoms with Crippen LogP contribution in [0.15, 0.2) is 47.4 Å². The number of nitrogens with one attached hydrogen (secondary N) is 2. The molecule has 2 aromatic rings. The predicted octanol–water partition coefficient (Wildman–Crippen LogP) is 3.62. The Morgan fingerprint density at radius 1 is 1.07 bits per heavy atom. The van der Waals surface area contributed by atoms with Gasteiger partial charge in [-0.3, -0.25) is 4.79 Å². The van der Waals surface area contributed by atoms with Crippen LogP contribution >= 0.6 is 0 Å². The first-order chi connectivity index (χ1) is 14.3. The van der Waals surface area contributed by atoms with E-state index in [2.05, 4.69) is 14.9 Å². The van der Waals surface area contributed by atoms with Crippen LogP contribution in [0.25, 0.3) is 0 Å². The first-order valence-electron chi connectivity index (χ1n) is 10.2. The zero-order chi connectivity index (χ0) is 21.7. The largest absolute Gasteiger partial charge is 0.495 e. The van der Waals surface area contributed by atoms with E-state index in [1.54, 1.807) is 19.9 Å². The Kier molecular flexibility index (Phi) is 6.99. The molecule has 0 aliphatic carbocycles. The number of rotatable bonds is 7. The van der Waals surface area contributed by atoms with Crippen LogP contribution in [0.1, 0.15) is 43.5 Å². The number of carbonyl (C=O) groups excluding carboxylic acids is 1. The van der Waals surface area contributed by atoms with Gasteiger partial charge in [-0.15, -0.1) is 0 Å². The van der Waals surface area contributed by atoms with E-state index in [0.717, 1.165) is 31.6 Å². The molecule has 0 bridgehead atoms. The summed E-state index contributed by atoms with van der Waals surface area (Å²) in [5.41, 5.74) is 1.94. The molecule has 1 fully saturated rings. The number of hydrogen-bond donors (Lipinski definition) is 2. The van der Waals surface area contributed by atoms with E-state index in [1.165, 1.54) is 25.7 Å². The molecule has 0 spiro atoms. The van der Waals surface area contributed by atoms with E-state index in [-0.39, 0.29) is 28.2 Å². The lowest BCUT2D eigenvalue weighted by molar-refractivity contribution is 0.102. The van der Waals surface area contributed by atoms with Gasteiger partial charge in [-0.05, 0) is 63.4 Å². The molecule has 1 heterocycles. The molecule has 2 N–H and O–H groups in total. The fraction of sp³-hybridized carbons (Fsp3) is 0.409. The van der Waals surface area contributed by atoms with Crippen molar-refractivity contribution in [1.82, 2.24) is 4.72 Å². The number of anilines is 2. The smallest absolute Gasteiger partial charge is 0.255 e. The number of ether oxygens (including phenoxy) is 1. The molecule has 1 amide bonds. The van der Waals surface area contributed by atoms with Gasteiger partial charge in [0, 0.05) is 24.7 Å². The van der Waals surface area contributed by atoms with Crippen molar-refractivity contribution in [1.29, 1.82) is 0 Å². The molecular formula is C22H29N3O4S. The van der Waals surface area contributed by atoms with Crippen LogP contribution < -0.4 is 19.7 Å². The Hall–Kier alpha value is -2.58. The van der Waals surface area contributed by atoms with E-state index < -0.39 is 10.0 Å². The standard InChI is InChI=1S/C22H29N3O4S/c1-16(2)24-30(27,28)21-15-17(11-12-20(21)29-3)22(26)23-18-9-5-6-10-19(18)25-13-7-4-8-14-25/h5-6,9-12,15-16,24H,4,7-8,13-14H2,1-3H3,(H,23,26). The van der Waals surface area contributed by atoms with E-state index in [4.69, 9.17) is 4.74 Å². The monoisotopic (exact) mass is 431 g/mol. The van der Waals surface area contributed by atoms with Crippen LogP contribution in [-0.2, 0) is 10.0 Å². The van der Waals surface area contributed by atoms with Crippen molar-refractivity contribution in [2.24, 2.45) is 0 Å². The maximum Gasteiger partial charge on any atom is 0.255 e. The summed E-state index contributed by atoms with van der Waals surface area (Å²) in [6.45, 7) is 5.38. The fourth-order valence-corrected chi connectivity index (χ4v) is 5.03. The summed E-state index contributed by atoms with van der Waals surface area (Å²) in [6, 6.07) is 11.8. The molecule has 1 aliphatic heterocycles. The minimum absolute atomic E-state index is 0.0596. The number of hydrogen-bond acceptors (Lipinski definition) is 5. The van der Waals surface area contributed by atoms with Crippen molar-refractivity contribution in [3.63, 3.8) is 0 Å². The van der Waals surface area contributed by atoms with Crippen molar-refractivity contribution < 1.29 is 17.9 Å². The van der Waals surface area contributed by atoms with Crippen LogP contribution in [0.5, 0.6) is 5.75 Å². The molecule has 0 radical (unpaired) electrons. The second-order valence-electron chi connectivity index (χ2n) is 7.66. The highest BCUT2D eigenvalue weighted by atomic mass is 32.2. The van der Waals surface area contributed by atoms with E-state index in [0.29, 0.717) is 5.69 Å². The minimum Gasteiger partial charge on any atom is -0.495 e. The van der Waals surface area contributed by atoms with Gasteiger partial charge in [0.25, 0.3) is 5.91 Å². The van der Waals surface area contributed by atoms with Gasteiger partial charge in [0.1, 0.15) is 10.6 Å². The lowest BCUT2D eigenvalue weighted by Crippen LogP contribution is -2.31. The fourth-order valence-electron chi connectivity index (χ4n) is 3.59. The van der Waals surface area contributed by atoms with Crippen LogP contribution in [0.3, 0.4) is 0 Å². The average molecular weight is 432 g/mol. The first kappa shape index (κ1) is 22.1. The van der Waals surface area contributed by atoms with Crippen molar-refractivity contribution >= 4 is 27.3 Å². The number of methoxy groups -OCH3 is 1. The lowest BCUT2D eigenvalue weighted by Gasteiger charge is -2.30. The highest BCUT2D eigenvalue weighted by Crippen LogP contribution is 2.30. The Labute approximate surface area is 178 Å². The van der Waals surface area contributed by atoms with Crippen molar-refractivity contribution in [2.45, 2.75) is 44.0 Å². The molecule has 8 heteroatoms. The van der Waals surface area contributed by atoms with Gasteiger partial charge in [0.15, 0.2) is 0 Å². The normalized spacial score (nSPS) is 14.6. The second-order valence-corrected chi connectivity index (χ2v) is 9.34. The topological polar surface area (TPSA) is 87.7 Å². The molecule has 1 saturated heterocycles. The molecule has 7 nitrogen and oxygen atoms in total. The van der Waals surface area contributed by atoms with Crippen molar-refractivity contribution in [2.75, 3.05) is 30.4 Å². The number of para-hydroxylation sites is 2. The van der Waals surface area contributed by atoms with Gasteiger partial charge in [0.05, 0.1) is 18.5 Å². The minimum atomic E-state index is -3.82. The molecule has 0 saturated carbocycles. The third-order valence-corrected chi connectivity index (χ3v) is 6.63. The third-order valence-electron chi connectivity index (χ3n) is 4.96. The maximum absolute atomic E-state index is 13.0. The van der Waals surface area contributed by atoms with Gasteiger partial charge in [-0.1, -0.05) is 12.1 Å². The maximum atomic E-state index is 13.0. The van der Waals surface area contributed by atoms with E-state index >= 15 is 0 Å². The molecule has 1 aliphatic rings. The summed E-state index contributed by atoms with van der Waals surface area (Å²) in [7, 11) is -2.42. The zero-order valence-corrected chi connectivity index (χ0v) is 18.5. The predicted molar refractivity (Wildman–Crippen MR) is 119 cm³/mol. The summed E-state index contributed by atoms with van der Waals surface area (Å²) in [6.07, 6.45) is 3.48. The highest BCUT2D eigenvalue weighted by molar-refractivity contribution is 7.89. The number of amides is 1. The number of piperidine rings is 1. The summed E-state index contributed by atoms with van der Waals surface area (Å²) in [5, 5.41) is 2.94. The second kappa shape index (κ2) is 9.49. The summed E-state index contributed by atoms with van der Waals surface area (Å²) < 4.78 is 33.1. The first-order valence-corrected chi connectivity index (χ1v) is 11.7. The van der Waals surface area contributed by atoms with Crippen LogP contribution in [0.2, 0.25) is 0 Å². The average Bonchev–Trinajstić information content (AvgIpc) is 2.73. The number of sulfonamides is 1. The van der Waals surface area contributed by atoms with Crippen molar-refractivity contribution in [3.05, 3.63) is 48.0 Å². The van der Waals surface area contributed by atoms with Crippen LogP contribution in [-0.4, -0.2) is 40.6 Å². The van der Waals surface area contributed by atoms with Gasteiger partial charge >= 0.3 is 0 Å². The Bertz CT molecular complexity index is 999. The van der Waals surface area contributed by atoms with Gasteiger partial charge in [0.2, 0.25) is 10.0 Å². The highest BCUT2D eigenvalue weighted by Gasteiger charge is 2.23. The molecule has 2 aromatic carbocycles. The molecule has 0 unspecified atom stereocenters. The van der Waals surface area contributed by atoms with Crippen molar-refractivity contribution in [3.8, 4) is 5.75 Å². The Morgan fingerprint density at radius 2 is 1.77 bits per heavy atom. The molecule has 162 valence electrons.